The van der Waals surface area contributed by atoms with E-state index in [4.69, 9.17) is 10.6 Å². The molecule has 138 valence electrons. The first-order chi connectivity index (χ1) is 12.6. The minimum absolute atomic E-state index is 0.158. The molecule has 0 aliphatic heterocycles. The Hall–Kier alpha value is -3.13. The normalized spacial score (nSPS) is 10.2. The number of nitrogen functional groups attached to an aromatic ring is 1. The average molecular weight is 357 g/mol. The van der Waals surface area contributed by atoms with Crippen molar-refractivity contribution in [1.29, 1.82) is 0 Å². The van der Waals surface area contributed by atoms with Crippen LogP contribution in [0.2, 0.25) is 0 Å². The van der Waals surface area contributed by atoms with Gasteiger partial charge in [-0.3, -0.25) is 9.63 Å². The van der Waals surface area contributed by atoms with E-state index < -0.39 is 6.03 Å². The number of likely N-dealkylation sites (N-methyl/N-ethyl adjacent to an activating group) is 1. The van der Waals surface area contributed by atoms with E-state index in [1.165, 1.54) is 5.06 Å². The van der Waals surface area contributed by atoms with Gasteiger partial charge < -0.3 is 16.4 Å². The van der Waals surface area contributed by atoms with Crippen molar-refractivity contribution in [2.24, 2.45) is 0 Å². The topological polar surface area (TPSA) is 110 Å². The van der Waals surface area contributed by atoms with Crippen molar-refractivity contribution in [3.05, 3.63) is 59.8 Å². The average Bonchev–Trinajstić information content (AvgIpc) is 2.67. The summed E-state index contributed by atoms with van der Waals surface area (Å²) in [6.07, 6.45) is 1.58. The number of aromatic nitrogens is 1. The summed E-state index contributed by atoms with van der Waals surface area (Å²) >= 11 is 0. The van der Waals surface area contributed by atoms with E-state index in [1.54, 1.807) is 25.3 Å². The van der Waals surface area contributed by atoms with Gasteiger partial charge in [0.05, 0.1) is 0 Å². The number of rotatable bonds is 8. The lowest BCUT2D eigenvalue weighted by Gasteiger charge is -2.20. The Labute approximate surface area is 152 Å². The number of urea groups is 1. The van der Waals surface area contributed by atoms with Crippen LogP contribution in [-0.4, -0.2) is 35.1 Å². The first kappa shape index (κ1) is 19.2. The molecule has 1 aromatic carbocycles. The molecule has 0 spiro atoms. The summed E-state index contributed by atoms with van der Waals surface area (Å²) in [7, 11) is 0. The molecule has 0 bridgehead atoms. The van der Waals surface area contributed by atoms with Crippen LogP contribution in [0.1, 0.15) is 18.1 Å². The van der Waals surface area contributed by atoms with Crippen LogP contribution in [0.25, 0.3) is 0 Å². The van der Waals surface area contributed by atoms with Gasteiger partial charge in [0.1, 0.15) is 19.0 Å². The quantitative estimate of drug-likeness (QED) is 0.619. The minimum Gasteiger partial charge on any atom is -0.384 e. The third kappa shape index (κ3) is 6.40. The van der Waals surface area contributed by atoms with E-state index in [0.717, 1.165) is 11.1 Å². The predicted octanol–water partition coefficient (Wildman–Crippen LogP) is 1.44. The molecule has 8 heteroatoms. The number of pyridine rings is 1. The maximum atomic E-state index is 12.1. The van der Waals surface area contributed by atoms with Crippen LogP contribution in [-0.2, 0) is 22.8 Å². The highest BCUT2D eigenvalue weighted by Gasteiger charge is 2.13. The highest BCUT2D eigenvalue weighted by atomic mass is 16.7. The van der Waals surface area contributed by atoms with Crippen LogP contribution in [0, 0.1) is 0 Å². The molecule has 8 nitrogen and oxygen atoms in total. The number of carbonyl (C=O) groups is 2. The molecule has 0 aliphatic carbocycles. The van der Waals surface area contributed by atoms with Crippen molar-refractivity contribution >= 4 is 17.8 Å². The van der Waals surface area contributed by atoms with Crippen molar-refractivity contribution in [3.8, 4) is 0 Å². The lowest BCUT2D eigenvalue weighted by molar-refractivity contribution is -0.188. The molecule has 1 aromatic heterocycles. The molecule has 0 atom stereocenters. The van der Waals surface area contributed by atoms with E-state index >= 15 is 0 Å². The maximum absolute atomic E-state index is 12.1. The van der Waals surface area contributed by atoms with Gasteiger partial charge in [-0.1, -0.05) is 36.4 Å². The predicted molar refractivity (Wildman–Crippen MR) is 97.5 cm³/mol. The number of nitrogens with zero attached hydrogens (tertiary/aromatic N) is 2. The zero-order valence-electron chi connectivity index (χ0n) is 14.6. The summed E-state index contributed by atoms with van der Waals surface area (Å²) in [4.78, 5) is 33.4. The van der Waals surface area contributed by atoms with Crippen molar-refractivity contribution < 1.29 is 14.4 Å². The number of hydroxylamine groups is 2. The molecule has 26 heavy (non-hydrogen) atoms. The summed E-state index contributed by atoms with van der Waals surface area (Å²) in [5.41, 5.74) is 7.27. The number of benzene rings is 1. The van der Waals surface area contributed by atoms with E-state index in [1.807, 2.05) is 30.3 Å². The zero-order chi connectivity index (χ0) is 18.8. The van der Waals surface area contributed by atoms with Crippen LogP contribution in [0.5, 0.6) is 0 Å². The number of hydrogen-bond donors (Lipinski definition) is 3. The molecule has 3 amide bonds. The number of anilines is 1. The van der Waals surface area contributed by atoms with Crippen LogP contribution in [0.3, 0.4) is 0 Å². The highest BCUT2D eigenvalue weighted by Crippen LogP contribution is 2.03. The molecular formula is C18H23N5O3. The fourth-order valence-electron chi connectivity index (χ4n) is 2.10. The smallest absolute Gasteiger partial charge is 0.315 e. The lowest BCUT2D eigenvalue weighted by atomic mass is 10.2. The second-order valence-corrected chi connectivity index (χ2v) is 5.48. The molecule has 0 radical (unpaired) electrons. The summed E-state index contributed by atoms with van der Waals surface area (Å²) in [6.45, 7) is 2.60. The molecule has 1 heterocycles. The molecule has 0 aliphatic rings. The van der Waals surface area contributed by atoms with E-state index in [2.05, 4.69) is 15.6 Å². The third-order valence-electron chi connectivity index (χ3n) is 3.50. The molecule has 2 aromatic rings. The Morgan fingerprint density at radius 2 is 1.88 bits per heavy atom. The van der Waals surface area contributed by atoms with Crippen molar-refractivity contribution in [1.82, 2.24) is 20.7 Å². The van der Waals surface area contributed by atoms with Crippen LogP contribution in [0.4, 0.5) is 10.6 Å². The van der Waals surface area contributed by atoms with Crippen molar-refractivity contribution in [3.63, 3.8) is 0 Å². The lowest BCUT2D eigenvalue weighted by Crippen LogP contribution is -2.43. The highest BCUT2D eigenvalue weighted by molar-refractivity contribution is 5.83. The van der Waals surface area contributed by atoms with Crippen molar-refractivity contribution in [2.75, 3.05) is 18.8 Å². The molecule has 0 saturated heterocycles. The summed E-state index contributed by atoms with van der Waals surface area (Å²) in [5, 5.41) is 6.39. The fourth-order valence-corrected chi connectivity index (χ4v) is 2.10. The summed E-state index contributed by atoms with van der Waals surface area (Å²) < 4.78 is 0. The molecule has 0 saturated carbocycles. The number of carbonyl (C=O) groups excluding carboxylic acids is 2. The van der Waals surface area contributed by atoms with Gasteiger partial charge in [0.25, 0.3) is 5.91 Å². The van der Waals surface area contributed by atoms with Crippen LogP contribution >= 0.6 is 0 Å². The van der Waals surface area contributed by atoms with Gasteiger partial charge in [-0.15, -0.1) is 0 Å². The minimum atomic E-state index is -0.450. The van der Waals surface area contributed by atoms with Gasteiger partial charge in [0.2, 0.25) is 0 Å². The van der Waals surface area contributed by atoms with Crippen LogP contribution in [0.15, 0.2) is 48.7 Å². The molecule has 0 unspecified atom stereocenters. The summed E-state index contributed by atoms with van der Waals surface area (Å²) in [5.74, 6) is 0.0895. The van der Waals surface area contributed by atoms with Gasteiger partial charge in [-0.25, -0.2) is 14.8 Å². The first-order valence-corrected chi connectivity index (χ1v) is 8.27. The fraction of sp³-hybridized carbons (Fsp3) is 0.278. The van der Waals surface area contributed by atoms with E-state index in [0.29, 0.717) is 12.4 Å². The Bertz CT molecular complexity index is 707. The van der Waals surface area contributed by atoms with Gasteiger partial charge in [0.15, 0.2) is 0 Å². The van der Waals surface area contributed by atoms with Crippen LogP contribution < -0.4 is 16.4 Å². The molecular weight excluding hydrogens is 334 g/mol. The Morgan fingerprint density at radius 1 is 1.12 bits per heavy atom. The SMILES string of the molecule is CCN(OCc1ccccc1)C(=O)CNC(=O)NCc1ccc(N)nc1. The first-order valence-electron chi connectivity index (χ1n) is 8.27. The summed E-state index contributed by atoms with van der Waals surface area (Å²) in [6, 6.07) is 12.5. The second-order valence-electron chi connectivity index (χ2n) is 5.48. The van der Waals surface area contributed by atoms with E-state index in [-0.39, 0.29) is 25.6 Å². The maximum Gasteiger partial charge on any atom is 0.315 e. The Morgan fingerprint density at radius 3 is 2.54 bits per heavy atom. The monoisotopic (exact) mass is 357 g/mol. The molecule has 2 rings (SSSR count). The van der Waals surface area contributed by atoms with Gasteiger partial charge >= 0.3 is 6.03 Å². The number of hydrogen-bond acceptors (Lipinski definition) is 5. The number of nitrogens with two attached hydrogens (primary N) is 1. The third-order valence-corrected chi connectivity index (χ3v) is 3.50. The van der Waals surface area contributed by atoms with Crippen molar-refractivity contribution in [2.45, 2.75) is 20.1 Å². The van der Waals surface area contributed by atoms with E-state index in [9.17, 15) is 9.59 Å². The standard InChI is InChI=1S/C18H23N5O3/c1-2-23(26-13-14-6-4-3-5-7-14)17(24)12-22-18(25)21-11-15-8-9-16(19)20-10-15/h3-10H,2,11-13H2,1H3,(H2,19,20)(H2,21,22,25). The number of amides is 3. The second kappa shape index (κ2) is 10.00. The Kier molecular flexibility index (Phi) is 7.38. The molecule has 0 fully saturated rings. The van der Waals surface area contributed by atoms with Gasteiger partial charge in [0, 0.05) is 19.3 Å². The Balaban J connectivity index is 1.71. The zero-order valence-corrected chi connectivity index (χ0v) is 14.6. The molecule has 4 N–H and O–H groups in total. The number of nitrogens with one attached hydrogen (secondary N) is 2. The largest absolute Gasteiger partial charge is 0.384 e. The van der Waals surface area contributed by atoms with Gasteiger partial charge in [-0.2, -0.15) is 0 Å². The van der Waals surface area contributed by atoms with Gasteiger partial charge in [-0.05, 0) is 24.1 Å².